The molecule has 0 aliphatic heterocycles. The Bertz CT molecular complexity index is 1390. The fourth-order valence-corrected chi connectivity index (χ4v) is 11.9. The van der Waals surface area contributed by atoms with Gasteiger partial charge in [0, 0.05) is 21.2 Å². The Morgan fingerprint density at radius 3 is 1.16 bits per heavy atom. The number of carbonyl (C=O) groups excluding carboxylic acids is 1. The Hall–Kier alpha value is -3.72. The van der Waals surface area contributed by atoms with Gasteiger partial charge in [-0.3, -0.25) is 9.59 Å². The Morgan fingerprint density at radius 2 is 0.895 bits per heavy atom. The van der Waals surface area contributed by atoms with Crippen LogP contribution >= 0.6 is 14.3 Å². The molecule has 0 aliphatic carbocycles. The standard InChI is InChI=1S/C30H28O6P2/c1-2-36-30(33)28(38(35,25-19-11-5-12-20-25)26-21-13-6-14-22-26)27(29(31)32)37(34,23-15-7-3-8-16-23)24-17-9-4-10-18-24/h3-22,27-28H,2H2,1H3,(H,31,32). The lowest BCUT2D eigenvalue weighted by atomic mass is 10.3. The molecule has 4 rings (SSSR count). The summed E-state index contributed by atoms with van der Waals surface area (Å²) >= 11 is 0. The van der Waals surface area contributed by atoms with Crippen molar-refractivity contribution in [1.82, 2.24) is 0 Å². The normalized spacial score (nSPS) is 13.3. The third-order valence-corrected chi connectivity index (χ3v) is 13.5. The lowest BCUT2D eigenvalue weighted by Gasteiger charge is -2.35. The van der Waals surface area contributed by atoms with Crippen molar-refractivity contribution < 1.29 is 28.6 Å². The average Bonchev–Trinajstić information content (AvgIpc) is 2.97. The van der Waals surface area contributed by atoms with Gasteiger partial charge in [-0.15, -0.1) is 0 Å². The number of carbonyl (C=O) groups is 2. The van der Waals surface area contributed by atoms with Crippen LogP contribution in [0.4, 0.5) is 0 Å². The van der Waals surface area contributed by atoms with Crippen molar-refractivity contribution in [3.05, 3.63) is 121 Å². The lowest BCUT2D eigenvalue weighted by Crippen LogP contribution is -2.48. The van der Waals surface area contributed by atoms with Crippen LogP contribution in [0.5, 0.6) is 0 Å². The Balaban J connectivity index is 2.11. The van der Waals surface area contributed by atoms with Gasteiger partial charge in [0.25, 0.3) is 0 Å². The number of carboxylic acid groups (broad SMARTS) is 1. The number of hydrogen-bond acceptors (Lipinski definition) is 5. The van der Waals surface area contributed by atoms with Crippen LogP contribution in [0, 0.1) is 0 Å². The van der Waals surface area contributed by atoms with Gasteiger partial charge in [-0.2, -0.15) is 0 Å². The molecule has 4 aromatic rings. The Labute approximate surface area is 222 Å². The van der Waals surface area contributed by atoms with Gasteiger partial charge in [0.05, 0.1) is 6.61 Å². The van der Waals surface area contributed by atoms with Gasteiger partial charge in [0.2, 0.25) is 0 Å². The molecular weight excluding hydrogens is 518 g/mol. The lowest BCUT2D eigenvalue weighted by molar-refractivity contribution is -0.146. The molecule has 0 heterocycles. The zero-order valence-electron chi connectivity index (χ0n) is 20.8. The third kappa shape index (κ3) is 5.03. The predicted octanol–water partition coefficient (Wildman–Crippen LogP) is 4.40. The minimum Gasteiger partial charge on any atom is -0.481 e. The summed E-state index contributed by atoms with van der Waals surface area (Å²) in [5, 5.41) is 11.8. The molecule has 0 aromatic heterocycles. The molecule has 0 spiro atoms. The molecule has 0 aliphatic rings. The highest BCUT2D eigenvalue weighted by Crippen LogP contribution is 2.60. The van der Waals surface area contributed by atoms with Crippen LogP contribution in [0.15, 0.2) is 121 Å². The second-order valence-corrected chi connectivity index (χ2v) is 14.4. The van der Waals surface area contributed by atoms with E-state index in [1.807, 2.05) is 0 Å². The van der Waals surface area contributed by atoms with Crippen LogP contribution in [-0.2, 0) is 23.5 Å². The van der Waals surface area contributed by atoms with Gasteiger partial charge < -0.3 is 19.0 Å². The molecule has 0 amide bonds. The van der Waals surface area contributed by atoms with Crippen LogP contribution < -0.4 is 21.2 Å². The number of rotatable bonds is 10. The first-order valence-electron chi connectivity index (χ1n) is 12.2. The molecule has 194 valence electrons. The molecule has 0 fully saturated rings. The molecule has 8 heteroatoms. The summed E-state index contributed by atoms with van der Waals surface area (Å²) in [4.78, 5) is 27.1. The van der Waals surface area contributed by atoms with Gasteiger partial charge in [0.1, 0.15) is 11.3 Å². The average molecular weight is 546 g/mol. The van der Waals surface area contributed by atoms with Gasteiger partial charge >= 0.3 is 11.9 Å². The van der Waals surface area contributed by atoms with E-state index in [9.17, 15) is 14.7 Å². The largest absolute Gasteiger partial charge is 0.481 e. The van der Waals surface area contributed by atoms with Crippen molar-refractivity contribution in [2.75, 3.05) is 6.61 Å². The number of hydrogen-bond donors (Lipinski definition) is 1. The quantitative estimate of drug-likeness (QED) is 0.234. The zero-order valence-corrected chi connectivity index (χ0v) is 22.6. The molecule has 0 saturated heterocycles. The summed E-state index contributed by atoms with van der Waals surface area (Å²) in [5.74, 6) is -2.46. The minimum absolute atomic E-state index is 0.0633. The van der Waals surface area contributed by atoms with E-state index in [1.165, 1.54) is 0 Å². The highest BCUT2D eigenvalue weighted by molar-refractivity contribution is 7.84. The van der Waals surface area contributed by atoms with Gasteiger partial charge in [-0.25, -0.2) is 0 Å². The van der Waals surface area contributed by atoms with E-state index in [1.54, 1.807) is 128 Å². The topological polar surface area (TPSA) is 97.7 Å². The maximum Gasteiger partial charge on any atom is 0.318 e. The number of esters is 1. The zero-order chi connectivity index (χ0) is 27.2. The molecule has 2 atom stereocenters. The number of ether oxygens (including phenoxy) is 1. The highest BCUT2D eigenvalue weighted by atomic mass is 31.2. The van der Waals surface area contributed by atoms with Crippen molar-refractivity contribution in [1.29, 1.82) is 0 Å². The highest BCUT2D eigenvalue weighted by Gasteiger charge is 2.57. The molecule has 38 heavy (non-hydrogen) atoms. The van der Waals surface area contributed by atoms with Crippen LogP contribution in [0.2, 0.25) is 0 Å². The van der Waals surface area contributed by atoms with E-state index in [0.29, 0.717) is 0 Å². The van der Waals surface area contributed by atoms with E-state index >= 15 is 9.13 Å². The van der Waals surface area contributed by atoms with E-state index < -0.39 is 37.5 Å². The summed E-state index contributed by atoms with van der Waals surface area (Å²) in [5.41, 5.74) is -3.64. The summed E-state index contributed by atoms with van der Waals surface area (Å²) in [6, 6.07) is 33.1. The van der Waals surface area contributed by atoms with Crippen LogP contribution in [0.25, 0.3) is 0 Å². The first-order valence-corrected chi connectivity index (χ1v) is 15.7. The van der Waals surface area contributed by atoms with Gasteiger partial charge in [-0.1, -0.05) is 121 Å². The van der Waals surface area contributed by atoms with Crippen molar-refractivity contribution in [2.45, 2.75) is 18.2 Å². The summed E-state index contributed by atoms with van der Waals surface area (Å²) in [6.07, 6.45) is 0. The van der Waals surface area contributed by atoms with E-state index in [-0.39, 0.29) is 27.8 Å². The molecule has 4 aromatic carbocycles. The maximum absolute atomic E-state index is 15.4. The second-order valence-electron chi connectivity index (χ2n) is 8.64. The number of benzene rings is 4. The first-order chi connectivity index (χ1) is 18.3. The molecule has 0 radical (unpaired) electrons. The van der Waals surface area contributed by atoms with Crippen molar-refractivity contribution in [3.8, 4) is 0 Å². The number of aliphatic carboxylic acids is 1. The summed E-state index contributed by atoms with van der Waals surface area (Å²) in [7, 11) is -8.23. The minimum atomic E-state index is -4.13. The molecule has 0 saturated carbocycles. The van der Waals surface area contributed by atoms with E-state index in [4.69, 9.17) is 4.74 Å². The fourth-order valence-electron chi connectivity index (χ4n) is 4.73. The SMILES string of the molecule is CCOC(=O)C(C(C(=O)O)P(=O)(c1ccccc1)c1ccccc1)P(=O)(c1ccccc1)c1ccccc1. The van der Waals surface area contributed by atoms with Gasteiger partial charge in [0.15, 0.2) is 14.3 Å². The molecule has 1 N–H and O–H groups in total. The summed E-state index contributed by atoms with van der Waals surface area (Å²) < 4.78 is 36.1. The predicted molar refractivity (Wildman–Crippen MR) is 151 cm³/mol. The van der Waals surface area contributed by atoms with Crippen molar-refractivity contribution in [2.24, 2.45) is 0 Å². The second kappa shape index (κ2) is 11.8. The summed E-state index contributed by atoms with van der Waals surface area (Å²) in [6.45, 7) is 1.53. The molecule has 2 unspecified atom stereocenters. The molecule has 6 nitrogen and oxygen atoms in total. The van der Waals surface area contributed by atoms with E-state index in [2.05, 4.69) is 0 Å². The van der Waals surface area contributed by atoms with Crippen molar-refractivity contribution >= 4 is 47.4 Å². The monoisotopic (exact) mass is 546 g/mol. The molecular formula is C30H28O6P2. The molecule has 0 bridgehead atoms. The fraction of sp³-hybridized carbons (Fsp3) is 0.133. The van der Waals surface area contributed by atoms with Crippen molar-refractivity contribution in [3.63, 3.8) is 0 Å². The van der Waals surface area contributed by atoms with Gasteiger partial charge in [-0.05, 0) is 6.92 Å². The number of carboxylic acids is 1. The third-order valence-electron chi connectivity index (χ3n) is 6.42. The first kappa shape index (κ1) is 27.3. The van der Waals surface area contributed by atoms with Crippen LogP contribution in [0.3, 0.4) is 0 Å². The smallest absolute Gasteiger partial charge is 0.318 e. The Kier molecular flexibility index (Phi) is 8.46. The van der Waals surface area contributed by atoms with Crippen LogP contribution in [0.1, 0.15) is 6.92 Å². The van der Waals surface area contributed by atoms with E-state index in [0.717, 1.165) is 0 Å². The van der Waals surface area contributed by atoms with Crippen LogP contribution in [-0.4, -0.2) is 35.0 Å². The maximum atomic E-state index is 15.4. The Morgan fingerprint density at radius 1 is 0.605 bits per heavy atom.